The minimum Gasteiger partial charge on any atom is -0.322 e. The highest BCUT2D eigenvalue weighted by Gasteiger charge is 2.35. The lowest BCUT2D eigenvalue weighted by atomic mass is 10.0. The Hall–Kier alpha value is -3.55. The Kier molecular flexibility index (Phi) is 5.21. The number of imide groups is 1. The van der Waals surface area contributed by atoms with Crippen molar-refractivity contribution in [3.05, 3.63) is 68.8 Å². The number of benzene rings is 2. The van der Waals surface area contributed by atoms with Gasteiger partial charge in [-0.1, -0.05) is 13.3 Å². The van der Waals surface area contributed by atoms with Gasteiger partial charge in [0.25, 0.3) is 23.4 Å². The molecule has 1 aliphatic rings. The van der Waals surface area contributed by atoms with Crippen LogP contribution in [0.4, 0.5) is 11.4 Å². The molecule has 2 aromatic rings. The largest absolute Gasteiger partial charge is 0.322 e. The molecule has 1 heterocycles. The van der Waals surface area contributed by atoms with Crippen LogP contribution in [-0.4, -0.2) is 34.1 Å². The number of nitrogens with zero attached hydrogens (tertiary/aromatic N) is 2. The van der Waals surface area contributed by atoms with Gasteiger partial charge >= 0.3 is 0 Å². The van der Waals surface area contributed by atoms with Crippen LogP contribution in [0.5, 0.6) is 0 Å². The van der Waals surface area contributed by atoms with Crippen molar-refractivity contribution < 1.29 is 19.3 Å². The third kappa shape index (κ3) is 3.48. The molecule has 0 radical (unpaired) electrons. The van der Waals surface area contributed by atoms with Crippen LogP contribution in [0.3, 0.4) is 0 Å². The minimum atomic E-state index is -0.508. The monoisotopic (exact) mass is 381 g/mol. The molecule has 28 heavy (non-hydrogen) atoms. The zero-order chi connectivity index (χ0) is 20.4. The number of non-ortho nitro benzene ring substituents is 1. The molecule has 0 saturated carbocycles. The lowest BCUT2D eigenvalue weighted by Crippen LogP contribution is -2.30. The number of nitro groups is 1. The number of carbonyl (C=O) groups excluding carboxylic acids is 3. The molecule has 0 fully saturated rings. The van der Waals surface area contributed by atoms with E-state index in [1.807, 2.05) is 6.92 Å². The molecular formula is C20H19N3O5. The molecule has 0 bridgehead atoms. The number of hydrogen-bond donors (Lipinski definition) is 1. The number of hydrogen-bond acceptors (Lipinski definition) is 5. The smallest absolute Gasteiger partial charge is 0.269 e. The van der Waals surface area contributed by atoms with Gasteiger partial charge < -0.3 is 5.32 Å². The van der Waals surface area contributed by atoms with Crippen LogP contribution in [0.15, 0.2) is 36.4 Å². The summed E-state index contributed by atoms with van der Waals surface area (Å²) in [4.78, 5) is 49.0. The predicted octanol–water partition coefficient (Wildman–Crippen LogP) is 3.55. The van der Waals surface area contributed by atoms with E-state index in [2.05, 4.69) is 5.32 Å². The first-order chi connectivity index (χ1) is 13.3. The van der Waals surface area contributed by atoms with Crippen LogP contribution in [0.25, 0.3) is 0 Å². The number of nitrogens with one attached hydrogen (secondary N) is 1. The quantitative estimate of drug-likeness (QED) is 0.467. The zero-order valence-electron chi connectivity index (χ0n) is 15.5. The fraction of sp³-hybridized carbons (Fsp3) is 0.250. The van der Waals surface area contributed by atoms with Crippen LogP contribution < -0.4 is 5.32 Å². The van der Waals surface area contributed by atoms with Gasteiger partial charge in [-0.3, -0.25) is 29.4 Å². The molecule has 144 valence electrons. The average molecular weight is 381 g/mol. The molecule has 2 aromatic carbocycles. The van der Waals surface area contributed by atoms with Gasteiger partial charge in [0.2, 0.25) is 0 Å². The Morgan fingerprint density at radius 1 is 1.11 bits per heavy atom. The number of rotatable bonds is 6. The highest BCUT2D eigenvalue weighted by molar-refractivity contribution is 6.22. The second-order valence-electron chi connectivity index (χ2n) is 6.59. The normalized spacial score (nSPS) is 12.9. The first-order valence-corrected chi connectivity index (χ1v) is 8.90. The molecule has 0 atom stereocenters. The maximum absolute atomic E-state index is 12.6. The summed E-state index contributed by atoms with van der Waals surface area (Å²) < 4.78 is 0. The number of amides is 3. The fourth-order valence-corrected chi connectivity index (χ4v) is 3.05. The van der Waals surface area contributed by atoms with Crippen molar-refractivity contribution in [1.82, 2.24) is 4.90 Å². The van der Waals surface area contributed by atoms with Crippen molar-refractivity contribution >= 4 is 29.1 Å². The second-order valence-corrected chi connectivity index (χ2v) is 6.59. The molecular weight excluding hydrogens is 362 g/mol. The van der Waals surface area contributed by atoms with Gasteiger partial charge in [0.05, 0.1) is 16.1 Å². The molecule has 3 amide bonds. The van der Waals surface area contributed by atoms with Crippen LogP contribution in [0.1, 0.15) is 56.4 Å². The van der Waals surface area contributed by atoms with Gasteiger partial charge in [0.15, 0.2) is 0 Å². The van der Waals surface area contributed by atoms with Crippen molar-refractivity contribution in [1.29, 1.82) is 0 Å². The van der Waals surface area contributed by atoms with Gasteiger partial charge in [-0.15, -0.1) is 0 Å². The van der Waals surface area contributed by atoms with Crippen molar-refractivity contribution in [2.75, 3.05) is 11.9 Å². The maximum Gasteiger partial charge on any atom is 0.269 e. The number of carbonyl (C=O) groups is 3. The van der Waals surface area contributed by atoms with E-state index in [-0.39, 0.29) is 22.7 Å². The Morgan fingerprint density at radius 2 is 1.82 bits per heavy atom. The van der Waals surface area contributed by atoms with E-state index in [9.17, 15) is 24.5 Å². The predicted molar refractivity (Wildman–Crippen MR) is 103 cm³/mol. The van der Waals surface area contributed by atoms with Gasteiger partial charge in [-0.25, -0.2) is 0 Å². The van der Waals surface area contributed by atoms with Gasteiger partial charge in [0.1, 0.15) is 0 Å². The van der Waals surface area contributed by atoms with Crippen molar-refractivity contribution in [3.63, 3.8) is 0 Å². The Morgan fingerprint density at radius 3 is 2.46 bits per heavy atom. The van der Waals surface area contributed by atoms with Crippen molar-refractivity contribution in [2.45, 2.75) is 26.7 Å². The molecule has 8 heteroatoms. The molecule has 0 unspecified atom stereocenters. The third-order valence-electron chi connectivity index (χ3n) is 4.64. The number of fused-ring (bicyclic) bond motifs is 1. The molecule has 8 nitrogen and oxygen atoms in total. The Bertz CT molecular complexity index is 999. The molecule has 1 N–H and O–H groups in total. The first kappa shape index (κ1) is 19.2. The van der Waals surface area contributed by atoms with E-state index in [1.165, 1.54) is 41.3 Å². The topological polar surface area (TPSA) is 110 Å². The second kappa shape index (κ2) is 7.59. The zero-order valence-corrected chi connectivity index (χ0v) is 15.5. The van der Waals surface area contributed by atoms with E-state index in [0.717, 1.165) is 12.8 Å². The summed E-state index contributed by atoms with van der Waals surface area (Å²) in [5, 5.41) is 13.5. The molecule has 0 saturated heterocycles. The number of anilines is 1. The number of aryl methyl sites for hydroxylation is 1. The standard InChI is InChI=1S/C20H19N3O5/c1-3-4-9-22-19(25)15-7-5-13(11-16(15)20(22)26)18(24)21-17-8-6-14(23(27)28)10-12(17)2/h5-8,10-11H,3-4,9H2,1-2H3,(H,21,24). The molecule has 1 aliphatic heterocycles. The summed E-state index contributed by atoms with van der Waals surface area (Å²) in [5.41, 5.74) is 1.65. The maximum atomic E-state index is 12.6. The van der Waals surface area contributed by atoms with E-state index >= 15 is 0 Å². The third-order valence-corrected chi connectivity index (χ3v) is 4.64. The van der Waals surface area contributed by atoms with Gasteiger partial charge in [0, 0.05) is 29.9 Å². The molecule has 0 aliphatic carbocycles. The fourth-order valence-electron chi connectivity index (χ4n) is 3.05. The van der Waals surface area contributed by atoms with E-state index in [4.69, 9.17) is 0 Å². The van der Waals surface area contributed by atoms with Gasteiger partial charge in [-0.05, 0) is 43.2 Å². The van der Waals surface area contributed by atoms with E-state index < -0.39 is 16.7 Å². The lowest BCUT2D eigenvalue weighted by molar-refractivity contribution is -0.384. The first-order valence-electron chi connectivity index (χ1n) is 8.90. The van der Waals surface area contributed by atoms with E-state index in [0.29, 0.717) is 23.4 Å². The van der Waals surface area contributed by atoms with Crippen LogP contribution in [0, 0.1) is 17.0 Å². The minimum absolute atomic E-state index is 0.0655. The Labute approximate surface area is 161 Å². The molecule has 0 spiro atoms. The van der Waals surface area contributed by atoms with Gasteiger partial charge in [-0.2, -0.15) is 0 Å². The van der Waals surface area contributed by atoms with Crippen LogP contribution in [0.2, 0.25) is 0 Å². The molecule has 3 rings (SSSR count). The van der Waals surface area contributed by atoms with Crippen molar-refractivity contribution in [2.24, 2.45) is 0 Å². The molecule has 0 aromatic heterocycles. The number of unbranched alkanes of at least 4 members (excludes halogenated alkanes) is 1. The van der Waals surface area contributed by atoms with Crippen molar-refractivity contribution in [3.8, 4) is 0 Å². The summed E-state index contributed by atoms with van der Waals surface area (Å²) in [6, 6.07) is 8.52. The highest BCUT2D eigenvalue weighted by atomic mass is 16.6. The Balaban J connectivity index is 1.82. The summed E-state index contributed by atoms with van der Waals surface area (Å²) in [7, 11) is 0. The SMILES string of the molecule is CCCCN1C(=O)c2ccc(C(=O)Nc3ccc([N+](=O)[O-])cc3C)cc2C1=O. The summed E-state index contributed by atoms with van der Waals surface area (Å²) in [6.07, 6.45) is 1.58. The van der Waals surface area contributed by atoms with E-state index in [1.54, 1.807) is 6.92 Å². The summed E-state index contributed by atoms with van der Waals surface area (Å²) >= 11 is 0. The van der Waals surface area contributed by atoms with Crippen LogP contribution >= 0.6 is 0 Å². The highest BCUT2D eigenvalue weighted by Crippen LogP contribution is 2.26. The average Bonchev–Trinajstić information content (AvgIpc) is 2.91. The summed E-state index contributed by atoms with van der Waals surface area (Å²) in [5.74, 6) is -1.20. The summed E-state index contributed by atoms with van der Waals surface area (Å²) in [6.45, 7) is 3.98. The number of nitro benzene ring substituents is 1. The van der Waals surface area contributed by atoms with Crippen LogP contribution in [-0.2, 0) is 0 Å². The lowest BCUT2D eigenvalue weighted by Gasteiger charge is -2.12.